The van der Waals surface area contributed by atoms with Gasteiger partial charge in [0.2, 0.25) is 0 Å². The topological polar surface area (TPSA) is 79.0 Å². The number of amides is 1. The van der Waals surface area contributed by atoms with Gasteiger partial charge in [-0.1, -0.05) is 44.2 Å². The minimum atomic E-state index is -0.801. The molecule has 1 amide bonds. The molecule has 158 valence electrons. The molecule has 2 N–H and O–H groups in total. The molecule has 0 spiro atoms. The third-order valence-corrected chi connectivity index (χ3v) is 6.50. The van der Waals surface area contributed by atoms with E-state index in [1.807, 2.05) is 24.3 Å². The maximum atomic E-state index is 11.4. The van der Waals surface area contributed by atoms with Gasteiger partial charge in [-0.25, -0.2) is 4.99 Å². The molecule has 0 unspecified atom stereocenters. The van der Waals surface area contributed by atoms with Gasteiger partial charge in [0.15, 0.2) is 12.0 Å². The van der Waals surface area contributed by atoms with E-state index in [9.17, 15) is 9.59 Å². The Morgan fingerprint density at radius 2 is 1.69 bits per heavy atom. The summed E-state index contributed by atoms with van der Waals surface area (Å²) in [7, 11) is 2.08. The van der Waals surface area contributed by atoms with Crippen LogP contribution in [-0.2, 0) is 9.59 Å². The largest absolute Gasteiger partial charge is 0.370 e. The van der Waals surface area contributed by atoms with E-state index in [-0.39, 0.29) is 5.71 Å². The van der Waals surface area contributed by atoms with Crippen LogP contribution in [-0.4, -0.2) is 55.0 Å². The number of aliphatic imine (C=N–C) groups is 1. The molecule has 1 heterocycles. The number of benzene rings is 1. The van der Waals surface area contributed by atoms with Crippen LogP contribution in [0.3, 0.4) is 0 Å². The van der Waals surface area contributed by atoms with Crippen LogP contribution in [0.1, 0.15) is 57.8 Å². The van der Waals surface area contributed by atoms with Gasteiger partial charge >= 0.3 is 0 Å². The number of hydrogen-bond acceptors (Lipinski definition) is 5. The lowest BCUT2D eigenvalue weighted by Gasteiger charge is -2.42. The fourth-order valence-corrected chi connectivity index (χ4v) is 4.76. The number of primary amides is 1. The number of hydrogen-bond donors (Lipinski definition) is 1. The van der Waals surface area contributed by atoms with Crippen molar-refractivity contribution in [1.29, 1.82) is 0 Å². The molecule has 0 bridgehead atoms. The highest BCUT2D eigenvalue weighted by molar-refractivity contribution is 6.59. The molecule has 1 aromatic rings. The van der Waals surface area contributed by atoms with Crippen molar-refractivity contribution < 1.29 is 9.59 Å². The van der Waals surface area contributed by atoms with Gasteiger partial charge in [0.25, 0.3) is 5.91 Å². The first kappa shape index (κ1) is 21.5. The molecule has 6 nitrogen and oxygen atoms in total. The average Bonchev–Trinajstić information content (AvgIpc) is 2.71. The van der Waals surface area contributed by atoms with Gasteiger partial charge in [-0.2, -0.15) is 0 Å². The van der Waals surface area contributed by atoms with Crippen LogP contribution in [0.2, 0.25) is 0 Å². The van der Waals surface area contributed by atoms with Crippen molar-refractivity contribution in [3.05, 3.63) is 24.3 Å². The van der Waals surface area contributed by atoms with Crippen LogP contribution in [0, 0.1) is 0 Å². The van der Waals surface area contributed by atoms with Crippen molar-refractivity contribution in [3.8, 4) is 0 Å². The van der Waals surface area contributed by atoms with Gasteiger partial charge in [0.05, 0.1) is 11.4 Å². The number of rotatable bonds is 6. The van der Waals surface area contributed by atoms with E-state index < -0.39 is 5.91 Å². The second-order valence-corrected chi connectivity index (χ2v) is 8.34. The summed E-state index contributed by atoms with van der Waals surface area (Å²) < 4.78 is 0. The summed E-state index contributed by atoms with van der Waals surface area (Å²) in [5, 5.41) is 0. The van der Waals surface area contributed by atoms with Crippen molar-refractivity contribution in [2.24, 2.45) is 10.7 Å². The van der Waals surface area contributed by atoms with E-state index in [1.54, 1.807) is 0 Å². The molecular formula is C23H34N4O2. The zero-order valence-electron chi connectivity index (χ0n) is 17.6. The second-order valence-electron chi connectivity index (χ2n) is 8.34. The van der Waals surface area contributed by atoms with E-state index >= 15 is 0 Å². The van der Waals surface area contributed by atoms with Crippen molar-refractivity contribution in [3.63, 3.8) is 0 Å². The van der Waals surface area contributed by atoms with E-state index in [0.717, 1.165) is 37.7 Å². The lowest BCUT2D eigenvalue weighted by Crippen LogP contribution is -2.47. The number of nitrogens with two attached hydrogens (primary N) is 1. The molecule has 0 radical (unpaired) electrons. The highest BCUT2D eigenvalue weighted by Gasteiger charge is 2.28. The van der Waals surface area contributed by atoms with E-state index in [4.69, 9.17) is 5.73 Å². The minimum absolute atomic E-state index is 0.245. The Hall–Kier alpha value is -2.21. The van der Waals surface area contributed by atoms with Gasteiger partial charge < -0.3 is 15.5 Å². The molecule has 0 aromatic heterocycles. The first-order chi connectivity index (χ1) is 14.1. The predicted octanol–water partition coefficient (Wildman–Crippen LogP) is 3.46. The number of piperidine rings is 1. The predicted molar refractivity (Wildman–Crippen MR) is 118 cm³/mol. The van der Waals surface area contributed by atoms with Gasteiger partial charge in [-0.05, 0) is 37.8 Å². The van der Waals surface area contributed by atoms with Crippen molar-refractivity contribution >= 4 is 29.3 Å². The summed E-state index contributed by atoms with van der Waals surface area (Å²) in [5.41, 5.74) is 6.54. The molecule has 2 aliphatic rings. The Kier molecular flexibility index (Phi) is 7.81. The number of nitrogens with zero attached hydrogens (tertiary/aromatic N) is 3. The molecule has 1 saturated heterocycles. The van der Waals surface area contributed by atoms with Crippen LogP contribution >= 0.6 is 0 Å². The standard InChI is InChI=1S/C23H34N4O2/c1-26(22-12-8-7-11-20(22)25-21(17-28)23(24)29)18-13-15-27(16-14-18)19-9-5-3-2-4-6-10-19/h7-8,11-12,17-19H,2-6,9-10,13-16H2,1H3,(H2,24,29)/b25-21+. The highest BCUT2D eigenvalue weighted by atomic mass is 16.2. The van der Waals surface area contributed by atoms with Crippen LogP contribution in [0.4, 0.5) is 11.4 Å². The van der Waals surface area contributed by atoms with E-state index in [0.29, 0.717) is 18.0 Å². The Morgan fingerprint density at radius 3 is 2.31 bits per heavy atom. The number of anilines is 1. The first-order valence-electron chi connectivity index (χ1n) is 11.0. The summed E-state index contributed by atoms with van der Waals surface area (Å²) in [4.78, 5) is 31.7. The second kappa shape index (κ2) is 10.5. The zero-order valence-corrected chi connectivity index (χ0v) is 17.6. The maximum Gasteiger partial charge on any atom is 0.270 e. The summed E-state index contributed by atoms with van der Waals surface area (Å²) in [6.07, 6.45) is 12.3. The lowest BCUT2D eigenvalue weighted by atomic mass is 9.93. The molecule has 3 rings (SSSR count). The molecule has 1 aliphatic heterocycles. The van der Waals surface area contributed by atoms with Crippen LogP contribution in [0.5, 0.6) is 0 Å². The first-order valence-corrected chi connectivity index (χ1v) is 11.0. The molecule has 0 atom stereocenters. The number of likely N-dealkylation sites (tertiary alicyclic amines) is 1. The Morgan fingerprint density at radius 1 is 1.07 bits per heavy atom. The number of carbonyl (C=O) groups is 2. The van der Waals surface area contributed by atoms with E-state index in [2.05, 4.69) is 21.8 Å². The Labute approximate surface area is 174 Å². The lowest BCUT2D eigenvalue weighted by molar-refractivity contribution is -0.113. The maximum absolute atomic E-state index is 11.4. The molecular weight excluding hydrogens is 364 g/mol. The Balaban J connectivity index is 1.66. The normalized spacial score (nSPS) is 20.7. The summed E-state index contributed by atoms with van der Waals surface area (Å²) in [5.74, 6) is -0.801. The SMILES string of the molecule is CN(c1ccccc1/N=C(\C=O)C(N)=O)C1CCN(C2CCCCCCC2)CC1. The molecule has 1 saturated carbocycles. The van der Waals surface area contributed by atoms with Crippen LogP contribution < -0.4 is 10.6 Å². The summed E-state index contributed by atoms with van der Waals surface area (Å²) in [6.45, 7) is 2.26. The number of carbonyl (C=O) groups excluding carboxylic acids is 2. The summed E-state index contributed by atoms with van der Waals surface area (Å²) >= 11 is 0. The quantitative estimate of drug-likeness (QED) is 0.452. The average molecular weight is 399 g/mol. The highest BCUT2D eigenvalue weighted by Crippen LogP contribution is 2.32. The fourth-order valence-electron chi connectivity index (χ4n) is 4.76. The smallest absolute Gasteiger partial charge is 0.270 e. The van der Waals surface area contributed by atoms with Gasteiger partial charge in [-0.15, -0.1) is 0 Å². The van der Waals surface area contributed by atoms with Crippen LogP contribution in [0.25, 0.3) is 0 Å². The van der Waals surface area contributed by atoms with Crippen molar-refractivity contribution in [2.45, 2.75) is 69.9 Å². The van der Waals surface area contributed by atoms with Crippen molar-refractivity contribution in [2.75, 3.05) is 25.0 Å². The third kappa shape index (κ3) is 5.66. The van der Waals surface area contributed by atoms with Gasteiger partial charge in [-0.3, -0.25) is 9.59 Å². The van der Waals surface area contributed by atoms with Crippen LogP contribution in [0.15, 0.2) is 29.3 Å². The summed E-state index contributed by atoms with van der Waals surface area (Å²) in [6, 6.07) is 8.80. The van der Waals surface area contributed by atoms with Crippen molar-refractivity contribution in [1.82, 2.24) is 4.90 Å². The molecule has 6 heteroatoms. The monoisotopic (exact) mass is 398 g/mol. The zero-order chi connectivity index (χ0) is 20.6. The van der Waals surface area contributed by atoms with Gasteiger partial charge in [0.1, 0.15) is 0 Å². The fraction of sp³-hybridized carbons (Fsp3) is 0.609. The number of para-hydroxylation sites is 2. The minimum Gasteiger partial charge on any atom is -0.370 e. The van der Waals surface area contributed by atoms with E-state index in [1.165, 1.54) is 44.9 Å². The van der Waals surface area contributed by atoms with Gasteiger partial charge in [0, 0.05) is 32.2 Å². The number of aldehydes is 1. The molecule has 29 heavy (non-hydrogen) atoms. The molecule has 1 aromatic carbocycles. The molecule has 1 aliphatic carbocycles. The molecule has 2 fully saturated rings. The third-order valence-electron chi connectivity index (χ3n) is 6.50. The Bertz CT molecular complexity index is 717.